The number of hydrogen-bond acceptors (Lipinski definition) is 10. The second-order valence-electron chi connectivity index (χ2n) is 12.3. The molecule has 1 unspecified atom stereocenters. The van der Waals surface area contributed by atoms with Crippen LogP contribution in [0.15, 0.2) is 12.2 Å². The fourth-order valence-corrected chi connectivity index (χ4v) is 8.82. The lowest BCUT2D eigenvalue weighted by atomic mass is 9.38. The van der Waals surface area contributed by atoms with Gasteiger partial charge in [-0.2, -0.15) is 0 Å². The van der Waals surface area contributed by atoms with Gasteiger partial charge in [0.2, 0.25) is 6.29 Å². The molecule has 6 N–H and O–H groups in total. The molecule has 0 amide bonds. The van der Waals surface area contributed by atoms with Crippen molar-refractivity contribution in [1.29, 1.82) is 0 Å². The number of fused-ring (bicyclic) bond motifs is 3. The number of Topliss-reactive ketones (excluding diaryl/α,β-unsaturated/α-hetero) is 1. The lowest BCUT2D eigenvalue weighted by molar-refractivity contribution is -0.306. The van der Waals surface area contributed by atoms with Gasteiger partial charge in [0.05, 0.1) is 29.1 Å². The van der Waals surface area contributed by atoms with Crippen LogP contribution in [0.4, 0.5) is 0 Å². The van der Waals surface area contributed by atoms with Crippen molar-refractivity contribution in [2.24, 2.45) is 28.1 Å². The van der Waals surface area contributed by atoms with Gasteiger partial charge in [0, 0.05) is 11.3 Å². The predicted molar refractivity (Wildman–Crippen MR) is 123 cm³/mol. The molecule has 10 nitrogen and oxygen atoms in total. The number of ether oxygens (including phenoxy) is 2. The van der Waals surface area contributed by atoms with Gasteiger partial charge in [-0.05, 0) is 56.9 Å². The molecule has 1 saturated heterocycles. The number of hydrogen-bond donors (Lipinski definition) is 6. The normalized spacial score (nSPS) is 54.6. The van der Waals surface area contributed by atoms with E-state index in [1.54, 1.807) is 6.92 Å². The molecule has 1 aliphatic heterocycles. The second kappa shape index (κ2) is 8.30. The summed E-state index contributed by atoms with van der Waals surface area (Å²) in [5.41, 5.74) is -4.31. The van der Waals surface area contributed by atoms with Crippen molar-refractivity contribution >= 4 is 11.8 Å². The van der Waals surface area contributed by atoms with E-state index in [-0.39, 0.29) is 18.1 Å². The van der Waals surface area contributed by atoms with Crippen molar-refractivity contribution in [3.8, 4) is 0 Å². The summed E-state index contributed by atoms with van der Waals surface area (Å²) >= 11 is 0. The summed E-state index contributed by atoms with van der Waals surface area (Å²) in [6, 6.07) is 0. The largest absolute Gasteiger partial charge is 0.432 e. The molecule has 4 aliphatic carbocycles. The number of carbonyl (C=O) groups is 2. The second-order valence-corrected chi connectivity index (χ2v) is 12.3. The molecule has 1 heterocycles. The topological polar surface area (TPSA) is 174 Å². The highest BCUT2D eigenvalue weighted by Gasteiger charge is 2.77. The molecule has 0 aromatic heterocycles. The smallest absolute Gasteiger partial charge is 0.314 e. The molecule has 4 saturated carbocycles. The van der Waals surface area contributed by atoms with E-state index in [0.717, 1.165) is 0 Å². The van der Waals surface area contributed by atoms with Gasteiger partial charge in [-0.1, -0.05) is 19.9 Å². The zero-order valence-electron chi connectivity index (χ0n) is 20.8. The van der Waals surface area contributed by atoms with Gasteiger partial charge in [0.25, 0.3) is 0 Å². The van der Waals surface area contributed by atoms with Gasteiger partial charge in [-0.15, -0.1) is 0 Å². The van der Waals surface area contributed by atoms with Gasteiger partial charge in [0.1, 0.15) is 24.4 Å². The van der Waals surface area contributed by atoms with Crippen LogP contribution in [0.25, 0.3) is 0 Å². The van der Waals surface area contributed by atoms with Crippen molar-refractivity contribution in [3.05, 3.63) is 12.2 Å². The SMILES string of the molecule is C=C1C(=O)[C@]23CC1CC[C@@]2(O)[C@]1(C)CCC[C@@](C)(C(=O)O[C@@H]2O[C@H](CO)[C@@H](O)[C@H](O)[C@H]2O)[C@H]1[C@H](O)C3. The predicted octanol–water partition coefficient (Wildman–Crippen LogP) is -0.437. The molecule has 0 radical (unpaired) electrons. The summed E-state index contributed by atoms with van der Waals surface area (Å²) < 4.78 is 10.9. The highest BCUT2D eigenvalue weighted by atomic mass is 16.7. The molecule has 5 fully saturated rings. The minimum Gasteiger partial charge on any atom is -0.432 e. The van der Waals surface area contributed by atoms with Gasteiger partial charge in [-0.25, -0.2) is 0 Å². The maximum atomic E-state index is 13.7. The highest BCUT2D eigenvalue weighted by Crippen LogP contribution is 2.72. The van der Waals surface area contributed by atoms with E-state index in [2.05, 4.69) is 6.58 Å². The minimum atomic E-state index is -1.74. The summed E-state index contributed by atoms with van der Waals surface area (Å²) in [6.07, 6.45) is -6.11. The summed E-state index contributed by atoms with van der Waals surface area (Å²) in [5, 5.41) is 63.9. The zero-order chi connectivity index (χ0) is 26.4. The Hall–Kier alpha value is -1.40. The number of carbonyl (C=O) groups excluding carboxylic acids is 2. The molecule has 2 bridgehead atoms. The Kier molecular flexibility index (Phi) is 6.04. The number of ketones is 1. The summed E-state index contributed by atoms with van der Waals surface area (Å²) in [5.74, 6) is -1.71. The summed E-state index contributed by atoms with van der Waals surface area (Å²) in [7, 11) is 0. The first-order valence-electron chi connectivity index (χ1n) is 12.9. The number of esters is 1. The van der Waals surface area contributed by atoms with Gasteiger partial charge < -0.3 is 40.1 Å². The Balaban J connectivity index is 1.48. The molecular formula is C26H38O10. The summed E-state index contributed by atoms with van der Waals surface area (Å²) in [6.45, 7) is 6.84. The lowest BCUT2D eigenvalue weighted by Gasteiger charge is -2.68. The highest BCUT2D eigenvalue weighted by molar-refractivity contribution is 6.04. The van der Waals surface area contributed by atoms with E-state index in [1.807, 2.05) is 6.92 Å². The van der Waals surface area contributed by atoms with E-state index in [9.17, 15) is 40.2 Å². The Morgan fingerprint density at radius 2 is 1.78 bits per heavy atom. The van der Waals surface area contributed by atoms with Crippen LogP contribution in [-0.4, -0.2) is 91.4 Å². The number of rotatable bonds is 3. The molecule has 5 aliphatic rings. The van der Waals surface area contributed by atoms with Gasteiger partial charge in [-0.3, -0.25) is 9.59 Å². The standard InChI is InChI=1S/C26H38O10/c1-12-13-5-8-26(34)24(3)7-4-6-23(2,19(24)14(28)10-25(26,9-13)20(12)32)22(33)36-21-18(31)17(30)16(29)15(11-27)35-21/h13-19,21,27-31,34H,1,4-11H2,2-3H3/t13?,14-,15-,16-,17+,18-,19-,21+,23-,24-,25-,26-/m1/s1. The van der Waals surface area contributed by atoms with Crippen molar-refractivity contribution in [2.45, 2.75) is 101 Å². The first-order chi connectivity index (χ1) is 16.8. The molecule has 0 aromatic rings. The van der Waals surface area contributed by atoms with Crippen molar-refractivity contribution < 1.29 is 49.7 Å². The van der Waals surface area contributed by atoms with E-state index >= 15 is 0 Å². The van der Waals surface area contributed by atoms with Gasteiger partial charge in [0.15, 0.2) is 5.78 Å². The molecule has 10 heteroatoms. The molecule has 0 aromatic carbocycles. The Bertz CT molecular complexity index is 966. The van der Waals surface area contributed by atoms with Gasteiger partial charge >= 0.3 is 5.97 Å². The van der Waals surface area contributed by atoms with Crippen LogP contribution in [0.5, 0.6) is 0 Å². The average Bonchev–Trinajstić information content (AvgIpc) is 3.03. The number of aliphatic hydroxyl groups excluding tert-OH is 5. The molecule has 5 rings (SSSR count). The first-order valence-corrected chi connectivity index (χ1v) is 12.9. The minimum absolute atomic E-state index is 0.00347. The summed E-state index contributed by atoms with van der Waals surface area (Å²) in [4.78, 5) is 27.2. The zero-order valence-corrected chi connectivity index (χ0v) is 20.8. The van der Waals surface area contributed by atoms with Crippen molar-refractivity contribution in [1.82, 2.24) is 0 Å². The Labute approximate surface area is 209 Å². The molecule has 12 atom stereocenters. The Morgan fingerprint density at radius 1 is 1.08 bits per heavy atom. The lowest BCUT2D eigenvalue weighted by Crippen LogP contribution is -2.73. The van der Waals surface area contributed by atoms with E-state index in [4.69, 9.17) is 9.47 Å². The van der Waals surface area contributed by atoms with E-state index in [0.29, 0.717) is 44.1 Å². The molecule has 36 heavy (non-hydrogen) atoms. The third-order valence-corrected chi connectivity index (χ3v) is 10.7. The fourth-order valence-electron chi connectivity index (χ4n) is 8.82. The number of allylic oxidation sites excluding steroid dienone is 1. The Morgan fingerprint density at radius 3 is 2.44 bits per heavy atom. The quantitative estimate of drug-likeness (QED) is 0.216. The monoisotopic (exact) mass is 510 g/mol. The fraction of sp³-hybridized carbons (Fsp3) is 0.846. The molecule has 1 spiro atoms. The maximum absolute atomic E-state index is 13.7. The van der Waals surface area contributed by atoms with Crippen LogP contribution < -0.4 is 0 Å². The maximum Gasteiger partial charge on any atom is 0.314 e. The van der Waals surface area contributed by atoms with Crippen LogP contribution in [0.1, 0.15) is 58.8 Å². The van der Waals surface area contributed by atoms with Crippen LogP contribution in [0.3, 0.4) is 0 Å². The average molecular weight is 511 g/mol. The third-order valence-electron chi connectivity index (χ3n) is 10.7. The number of aliphatic hydroxyl groups is 6. The molecular weight excluding hydrogens is 472 g/mol. The van der Waals surface area contributed by atoms with Crippen molar-refractivity contribution in [3.63, 3.8) is 0 Å². The van der Waals surface area contributed by atoms with E-state index in [1.165, 1.54) is 0 Å². The van der Waals surface area contributed by atoms with E-state index < -0.39 is 77.1 Å². The molecule has 202 valence electrons. The van der Waals surface area contributed by atoms with Crippen LogP contribution in [0.2, 0.25) is 0 Å². The van der Waals surface area contributed by atoms with Crippen LogP contribution in [-0.2, 0) is 19.1 Å². The first kappa shape index (κ1) is 26.2. The van der Waals surface area contributed by atoms with Crippen LogP contribution in [0, 0.1) is 28.1 Å². The van der Waals surface area contributed by atoms with Crippen molar-refractivity contribution in [2.75, 3.05) is 6.61 Å². The van der Waals surface area contributed by atoms with Crippen LogP contribution >= 0.6 is 0 Å². The third kappa shape index (κ3) is 3.09.